The summed E-state index contributed by atoms with van der Waals surface area (Å²) in [5.41, 5.74) is 1.21. The van der Waals surface area contributed by atoms with Gasteiger partial charge in [0, 0.05) is 0 Å². The fraction of sp³-hybridized carbons (Fsp3) is 0.500. The standard InChI is InChI=1S/C14H20O3/c1-9(2)17-12-8-10(13(15)16)6-7-11(12)14(3,4)5/h6-9H,1-5H3,(H,15,16). The van der Waals surface area contributed by atoms with Crippen LogP contribution < -0.4 is 4.74 Å². The van der Waals surface area contributed by atoms with Crippen LogP contribution in [-0.4, -0.2) is 17.2 Å². The molecule has 1 N–H and O–H groups in total. The first-order valence-corrected chi connectivity index (χ1v) is 5.76. The monoisotopic (exact) mass is 236 g/mol. The molecule has 0 bridgehead atoms. The van der Waals surface area contributed by atoms with Gasteiger partial charge < -0.3 is 9.84 Å². The molecule has 0 aliphatic carbocycles. The summed E-state index contributed by atoms with van der Waals surface area (Å²) in [6.07, 6.45) is 0.0279. The first kappa shape index (κ1) is 13.6. The summed E-state index contributed by atoms with van der Waals surface area (Å²) in [7, 11) is 0. The van der Waals surface area contributed by atoms with E-state index in [4.69, 9.17) is 9.84 Å². The lowest BCUT2D eigenvalue weighted by Gasteiger charge is -2.24. The minimum absolute atomic E-state index is 0.0279. The second kappa shape index (κ2) is 4.78. The number of benzene rings is 1. The summed E-state index contributed by atoms with van der Waals surface area (Å²) in [5.74, 6) is -0.272. The highest BCUT2D eigenvalue weighted by Crippen LogP contribution is 2.32. The smallest absolute Gasteiger partial charge is 0.335 e. The Morgan fingerprint density at radius 1 is 1.29 bits per heavy atom. The zero-order chi connectivity index (χ0) is 13.2. The third-order valence-corrected chi connectivity index (χ3v) is 2.40. The predicted molar refractivity (Wildman–Crippen MR) is 67.9 cm³/mol. The van der Waals surface area contributed by atoms with E-state index in [-0.39, 0.29) is 17.1 Å². The molecule has 94 valence electrons. The van der Waals surface area contributed by atoms with Crippen molar-refractivity contribution in [3.63, 3.8) is 0 Å². The van der Waals surface area contributed by atoms with Gasteiger partial charge in [0.25, 0.3) is 0 Å². The highest BCUT2D eigenvalue weighted by molar-refractivity contribution is 5.88. The van der Waals surface area contributed by atoms with Gasteiger partial charge in [0.15, 0.2) is 0 Å². The van der Waals surface area contributed by atoms with E-state index in [2.05, 4.69) is 20.8 Å². The van der Waals surface area contributed by atoms with Crippen molar-refractivity contribution in [3.05, 3.63) is 29.3 Å². The highest BCUT2D eigenvalue weighted by atomic mass is 16.5. The number of hydrogen-bond acceptors (Lipinski definition) is 2. The van der Waals surface area contributed by atoms with Crippen LogP contribution in [0.15, 0.2) is 18.2 Å². The summed E-state index contributed by atoms with van der Waals surface area (Å²) in [6, 6.07) is 5.06. The van der Waals surface area contributed by atoms with E-state index in [1.807, 2.05) is 19.9 Å². The minimum Gasteiger partial charge on any atom is -0.491 e. The maximum absolute atomic E-state index is 10.9. The highest BCUT2D eigenvalue weighted by Gasteiger charge is 2.21. The second-order valence-corrected chi connectivity index (χ2v) is 5.43. The molecule has 17 heavy (non-hydrogen) atoms. The third-order valence-electron chi connectivity index (χ3n) is 2.40. The van der Waals surface area contributed by atoms with Crippen LogP contribution in [0.1, 0.15) is 50.5 Å². The van der Waals surface area contributed by atoms with Gasteiger partial charge in [-0.25, -0.2) is 4.79 Å². The summed E-state index contributed by atoms with van der Waals surface area (Å²) in [4.78, 5) is 10.9. The number of aromatic carboxylic acids is 1. The Morgan fingerprint density at radius 3 is 2.29 bits per heavy atom. The number of hydrogen-bond donors (Lipinski definition) is 1. The van der Waals surface area contributed by atoms with Crippen LogP contribution in [0.25, 0.3) is 0 Å². The average Bonchev–Trinajstić information content (AvgIpc) is 2.14. The Hall–Kier alpha value is -1.51. The van der Waals surface area contributed by atoms with Gasteiger partial charge in [0.1, 0.15) is 5.75 Å². The fourth-order valence-electron chi connectivity index (χ4n) is 1.63. The zero-order valence-electron chi connectivity index (χ0n) is 11.1. The molecular weight excluding hydrogens is 216 g/mol. The first-order valence-electron chi connectivity index (χ1n) is 5.76. The number of carboxylic acid groups (broad SMARTS) is 1. The zero-order valence-corrected chi connectivity index (χ0v) is 11.1. The Kier molecular flexibility index (Phi) is 3.81. The molecular formula is C14H20O3. The van der Waals surface area contributed by atoms with Crippen LogP contribution in [0.2, 0.25) is 0 Å². The van der Waals surface area contributed by atoms with Gasteiger partial charge in [-0.15, -0.1) is 0 Å². The molecule has 0 radical (unpaired) electrons. The van der Waals surface area contributed by atoms with Gasteiger partial charge in [-0.1, -0.05) is 26.8 Å². The molecule has 3 heteroatoms. The molecule has 0 aliphatic heterocycles. The van der Waals surface area contributed by atoms with Gasteiger partial charge in [0.2, 0.25) is 0 Å². The van der Waals surface area contributed by atoms with Gasteiger partial charge in [-0.3, -0.25) is 0 Å². The van der Waals surface area contributed by atoms with Crippen LogP contribution in [0.5, 0.6) is 5.75 Å². The van der Waals surface area contributed by atoms with Gasteiger partial charge >= 0.3 is 5.97 Å². The van der Waals surface area contributed by atoms with Gasteiger partial charge in [0.05, 0.1) is 11.7 Å². The normalized spacial score (nSPS) is 11.6. The summed E-state index contributed by atoms with van der Waals surface area (Å²) < 4.78 is 5.70. The number of carboxylic acids is 1. The molecule has 0 atom stereocenters. The summed E-state index contributed by atoms with van der Waals surface area (Å²) in [5, 5.41) is 8.98. The molecule has 0 spiro atoms. The quantitative estimate of drug-likeness (QED) is 0.874. The van der Waals surface area contributed by atoms with Crippen molar-refractivity contribution in [1.82, 2.24) is 0 Å². The van der Waals surface area contributed by atoms with Crippen molar-refractivity contribution in [2.75, 3.05) is 0 Å². The molecule has 0 heterocycles. The third kappa shape index (κ3) is 3.48. The molecule has 0 saturated heterocycles. The lowest BCUT2D eigenvalue weighted by atomic mass is 9.86. The molecule has 0 aliphatic rings. The van der Waals surface area contributed by atoms with E-state index in [0.717, 1.165) is 5.56 Å². The van der Waals surface area contributed by atoms with Crippen LogP contribution >= 0.6 is 0 Å². The van der Waals surface area contributed by atoms with E-state index in [0.29, 0.717) is 5.75 Å². The van der Waals surface area contributed by atoms with Crippen molar-refractivity contribution in [2.24, 2.45) is 0 Å². The predicted octanol–water partition coefficient (Wildman–Crippen LogP) is 3.47. The average molecular weight is 236 g/mol. The minimum atomic E-state index is -0.931. The maximum Gasteiger partial charge on any atom is 0.335 e. The van der Waals surface area contributed by atoms with Crippen molar-refractivity contribution in [3.8, 4) is 5.75 Å². The van der Waals surface area contributed by atoms with Crippen LogP contribution in [0, 0.1) is 0 Å². The van der Waals surface area contributed by atoms with Crippen LogP contribution in [0.4, 0.5) is 0 Å². The van der Waals surface area contributed by atoms with E-state index >= 15 is 0 Å². The molecule has 0 amide bonds. The first-order chi connectivity index (χ1) is 7.71. The summed E-state index contributed by atoms with van der Waals surface area (Å²) in [6.45, 7) is 10.1. The molecule has 1 rings (SSSR count). The second-order valence-electron chi connectivity index (χ2n) is 5.43. The molecule has 0 unspecified atom stereocenters. The number of rotatable bonds is 3. The molecule has 0 saturated carbocycles. The maximum atomic E-state index is 10.9. The molecule has 0 fully saturated rings. The summed E-state index contributed by atoms with van der Waals surface area (Å²) >= 11 is 0. The molecule has 3 nitrogen and oxygen atoms in total. The lowest BCUT2D eigenvalue weighted by molar-refractivity contribution is 0.0696. The lowest BCUT2D eigenvalue weighted by Crippen LogP contribution is -2.16. The topological polar surface area (TPSA) is 46.5 Å². The van der Waals surface area contributed by atoms with Gasteiger partial charge in [-0.2, -0.15) is 0 Å². The largest absolute Gasteiger partial charge is 0.491 e. The molecule has 1 aromatic rings. The Morgan fingerprint density at radius 2 is 1.88 bits per heavy atom. The Balaban J connectivity index is 3.26. The Bertz CT molecular complexity index is 414. The van der Waals surface area contributed by atoms with Crippen LogP contribution in [0.3, 0.4) is 0 Å². The number of carbonyl (C=O) groups is 1. The Labute approximate surface area is 102 Å². The fourth-order valence-corrected chi connectivity index (χ4v) is 1.63. The molecule has 1 aromatic carbocycles. The van der Waals surface area contributed by atoms with Crippen molar-refractivity contribution in [2.45, 2.75) is 46.1 Å². The van der Waals surface area contributed by atoms with E-state index in [1.165, 1.54) is 0 Å². The SMILES string of the molecule is CC(C)Oc1cc(C(=O)O)ccc1C(C)(C)C. The van der Waals surface area contributed by atoms with Crippen molar-refractivity contribution < 1.29 is 14.6 Å². The molecule has 0 aromatic heterocycles. The van der Waals surface area contributed by atoms with E-state index in [1.54, 1.807) is 12.1 Å². The van der Waals surface area contributed by atoms with E-state index in [9.17, 15) is 4.79 Å². The van der Waals surface area contributed by atoms with E-state index < -0.39 is 5.97 Å². The number of ether oxygens (including phenoxy) is 1. The van der Waals surface area contributed by atoms with Crippen LogP contribution in [-0.2, 0) is 5.41 Å². The van der Waals surface area contributed by atoms with Crippen molar-refractivity contribution in [1.29, 1.82) is 0 Å². The van der Waals surface area contributed by atoms with Crippen molar-refractivity contribution >= 4 is 5.97 Å². The van der Waals surface area contributed by atoms with Gasteiger partial charge in [-0.05, 0) is 37.0 Å².